The van der Waals surface area contributed by atoms with Gasteiger partial charge in [-0.2, -0.15) is 0 Å². The standard InChI is InChI=1S/Cd.ClH.H2O6S2Se/c;;1-7(2,3)9-8(4,5)6/h;1H;(H,1,2,3)(H,4,5,6). The molecule has 2 N–H and O–H groups in total. The molecule has 0 saturated heterocycles. The van der Waals surface area contributed by atoms with Crippen molar-refractivity contribution >= 4 is 42.2 Å². The van der Waals surface area contributed by atoms with Crippen LogP contribution in [-0.2, 0) is 44.4 Å². The molecule has 0 fully saturated rings. The summed E-state index contributed by atoms with van der Waals surface area (Å²) in [6, 6.07) is 0. The van der Waals surface area contributed by atoms with E-state index in [9.17, 15) is 16.8 Å². The molecule has 0 aromatic heterocycles. The Labute approximate surface area is 94.5 Å². The van der Waals surface area contributed by atoms with Crippen LogP contribution >= 0.6 is 12.4 Å². The van der Waals surface area contributed by atoms with Gasteiger partial charge in [0.15, 0.2) is 0 Å². The maximum atomic E-state index is 9.69. The van der Waals surface area contributed by atoms with Crippen molar-refractivity contribution in [2.45, 2.75) is 0 Å². The van der Waals surface area contributed by atoms with Gasteiger partial charge in [0.25, 0.3) is 0 Å². The van der Waals surface area contributed by atoms with Crippen LogP contribution in [0, 0.1) is 0 Å². The Morgan fingerprint density at radius 3 is 1.09 bits per heavy atom. The number of halogens is 1. The summed E-state index contributed by atoms with van der Waals surface area (Å²) >= 11 is -2.19. The van der Waals surface area contributed by atoms with E-state index in [-0.39, 0.29) is 39.7 Å². The maximum Gasteiger partial charge on any atom is 0 e. The zero-order chi connectivity index (χ0) is 7.71. The molecule has 0 aliphatic carbocycles. The first kappa shape index (κ1) is 18.4. The van der Waals surface area contributed by atoms with Crippen LogP contribution in [0.3, 0.4) is 0 Å². The van der Waals surface area contributed by atoms with Crippen LogP contribution in [0.15, 0.2) is 0 Å². The molecule has 0 atom stereocenters. The fourth-order valence-electron chi connectivity index (χ4n) is 0.109. The normalized spacial score (nSPS) is 11.1. The Bertz CT molecular complexity index is 246. The van der Waals surface area contributed by atoms with Crippen LogP contribution in [0.2, 0.25) is 0 Å². The van der Waals surface area contributed by atoms with Gasteiger partial charge >= 0.3 is 55.7 Å². The van der Waals surface area contributed by atoms with Gasteiger partial charge in [-0.15, -0.1) is 12.4 Å². The van der Waals surface area contributed by atoms with Gasteiger partial charge in [-0.05, 0) is 0 Å². The third-order valence-corrected chi connectivity index (χ3v) is 8.04. The van der Waals surface area contributed by atoms with Crippen molar-refractivity contribution in [2.75, 3.05) is 0 Å². The summed E-state index contributed by atoms with van der Waals surface area (Å²) < 4.78 is 54.4. The van der Waals surface area contributed by atoms with Crippen LogP contribution in [0.4, 0.5) is 0 Å². The minimum Gasteiger partial charge on any atom is 0 e. The monoisotopic (exact) mass is 392 g/mol. The van der Waals surface area contributed by atoms with Gasteiger partial charge in [0.2, 0.25) is 0 Å². The van der Waals surface area contributed by atoms with Crippen LogP contribution in [0.25, 0.3) is 0 Å². The fourth-order valence-corrected chi connectivity index (χ4v) is 5.08. The van der Waals surface area contributed by atoms with Gasteiger partial charge < -0.3 is 0 Å². The predicted molar refractivity (Wildman–Crippen MR) is 36.1 cm³/mol. The molecule has 0 heterocycles. The Kier molecular flexibility index (Phi) is 10.1. The van der Waals surface area contributed by atoms with E-state index in [1.54, 1.807) is 0 Å². The molecule has 6 nitrogen and oxygen atoms in total. The third-order valence-electron chi connectivity index (χ3n) is 0.172. The van der Waals surface area contributed by atoms with Crippen LogP contribution in [0.1, 0.15) is 0 Å². The first-order valence-corrected chi connectivity index (χ1v) is 8.29. The summed E-state index contributed by atoms with van der Waals surface area (Å²) in [7, 11) is -9.11. The molecule has 0 bridgehead atoms. The quantitative estimate of drug-likeness (QED) is 0.449. The Balaban J connectivity index is -0.000000320. The van der Waals surface area contributed by atoms with Crippen LogP contribution in [0.5, 0.6) is 0 Å². The second-order valence-corrected chi connectivity index (χ2v) is 11.1. The minimum atomic E-state index is -4.56. The fraction of sp³-hybridized carbons (Fsp3) is 0. The SMILES string of the molecule is Cl.O=S(=O)(O)[Se]S(=O)(=O)O.[Cd]. The van der Waals surface area contributed by atoms with Crippen molar-refractivity contribution in [3.8, 4) is 0 Å². The summed E-state index contributed by atoms with van der Waals surface area (Å²) in [6.07, 6.45) is 0. The zero-order valence-corrected chi connectivity index (χ0v) is 13.1. The number of hydrogen-bond acceptors (Lipinski definition) is 4. The van der Waals surface area contributed by atoms with Crippen LogP contribution in [-0.4, -0.2) is 38.7 Å². The van der Waals surface area contributed by atoms with Gasteiger partial charge in [-0.3, -0.25) is 0 Å². The summed E-state index contributed by atoms with van der Waals surface area (Å²) in [5.74, 6) is 0. The van der Waals surface area contributed by atoms with E-state index in [1.807, 2.05) is 0 Å². The average Bonchev–Trinajstić information content (AvgIpc) is 1.14. The zero-order valence-electron chi connectivity index (χ0n) is 4.87. The molecule has 0 aliphatic heterocycles. The molecule has 0 rings (SSSR count). The molecule has 11 heavy (non-hydrogen) atoms. The number of hydrogen-bond donors (Lipinski definition) is 2. The summed E-state index contributed by atoms with van der Waals surface area (Å²) in [4.78, 5) is 0. The molecular formula is H3CdClO6S2Se. The van der Waals surface area contributed by atoms with Crippen molar-refractivity contribution in [1.29, 1.82) is 0 Å². The van der Waals surface area contributed by atoms with Gasteiger partial charge in [0, 0.05) is 27.3 Å². The van der Waals surface area contributed by atoms with Crippen LogP contribution < -0.4 is 0 Å². The Hall–Kier alpha value is 1.55. The van der Waals surface area contributed by atoms with Crippen molar-refractivity contribution in [2.24, 2.45) is 0 Å². The van der Waals surface area contributed by atoms with Crippen molar-refractivity contribution in [3.63, 3.8) is 0 Å². The van der Waals surface area contributed by atoms with Gasteiger partial charge in [0.1, 0.15) is 0 Å². The summed E-state index contributed by atoms with van der Waals surface area (Å²) in [5, 5.41) is 0. The van der Waals surface area contributed by atoms with Crippen molar-refractivity contribution < 1.29 is 53.2 Å². The summed E-state index contributed by atoms with van der Waals surface area (Å²) in [5.41, 5.74) is 0. The van der Waals surface area contributed by atoms with Gasteiger partial charge in [-0.25, -0.2) is 0 Å². The first-order valence-electron chi connectivity index (χ1n) is 1.37. The van der Waals surface area contributed by atoms with Gasteiger partial charge in [0.05, 0.1) is 0 Å². The molecule has 0 amide bonds. The Morgan fingerprint density at radius 2 is 1.09 bits per heavy atom. The van der Waals surface area contributed by atoms with E-state index in [2.05, 4.69) is 0 Å². The smallest absolute Gasteiger partial charge is 0 e. The molecule has 0 aromatic rings. The third kappa shape index (κ3) is 18.5. The predicted octanol–water partition coefficient (Wildman–Crippen LogP) is -1.28. The molecule has 0 spiro atoms. The first-order chi connectivity index (χ1) is 3.71. The molecule has 0 unspecified atom stereocenters. The molecular weight excluding hydrogens is 387 g/mol. The molecule has 0 saturated carbocycles. The molecule has 66 valence electrons. The van der Waals surface area contributed by atoms with Crippen molar-refractivity contribution in [1.82, 2.24) is 0 Å². The molecule has 0 aromatic carbocycles. The molecule has 11 heteroatoms. The van der Waals surface area contributed by atoms with E-state index in [0.717, 1.165) is 0 Å². The molecule has 0 aliphatic rings. The largest absolute Gasteiger partial charge is 0 e. The Morgan fingerprint density at radius 1 is 0.909 bits per heavy atom. The van der Waals surface area contributed by atoms with E-state index in [1.165, 1.54) is 0 Å². The van der Waals surface area contributed by atoms with E-state index in [4.69, 9.17) is 9.11 Å². The van der Waals surface area contributed by atoms with E-state index < -0.39 is 29.8 Å². The van der Waals surface area contributed by atoms with Crippen molar-refractivity contribution in [3.05, 3.63) is 0 Å². The molecule has 0 radical (unpaired) electrons. The minimum absolute atomic E-state index is 0. The maximum absolute atomic E-state index is 9.69. The topological polar surface area (TPSA) is 109 Å². The van der Waals surface area contributed by atoms with E-state index >= 15 is 0 Å². The number of rotatable bonds is 2. The second kappa shape index (κ2) is 6.07. The van der Waals surface area contributed by atoms with Gasteiger partial charge in [-0.1, -0.05) is 0 Å². The average molecular weight is 390 g/mol. The second-order valence-electron chi connectivity index (χ2n) is 0.924. The van der Waals surface area contributed by atoms with E-state index in [0.29, 0.717) is 0 Å². The summed E-state index contributed by atoms with van der Waals surface area (Å²) in [6.45, 7) is 0.